The van der Waals surface area contributed by atoms with E-state index in [2.05, 4.69) is 0 Å². The molecular formula is C13H19FN2O2. The summed E-state index contributed by atoms with van der Waals surface area (Å²) in [5, 5.41) is 0. The maximum atomic E-state index is 13.8. The van der Waals surface area contributed by atoms with Crippen LogP contribution in [0.15, 0.2) is 18.2 Å². The van der Waals surface area contributed by atoms with Crippen molar-refractivity contribution >= 4 is 0 Å². The lowest BCUT2D eigenvalue weighted by molar-refractivity contribution is -0.121. The Morgan fingerprint density at radius 3 is 2.67 bits per heavy atom. The van der Waals surface area contributed by atoms with Gasteiger partial charge in [0, 0.05) is 18.0 Å². The highest BCUT2D eigenvalue weighted by Crippen LogP contribution is 2.38. The fourth-order valence-electron chi connectivity index (χ4n) is 2.13. The zero-order valence-corrected chi connectivity index (χ0v) is 10.5. The van der Waals surface area contributed by atoms with E-state index >= 15 is 0 Å². The van der Waals surface area contributed by atoms with Crippen LogP contribution in [0.3, 0.4) is 0 Å². The predicted octanol–water partition coefficient (Wildman–Crippen LogP) is 1.20. The van der Waals surface area contributed by atoms with Crippen molar-refractivity contribution in [2.45, 2.75) is 13.0 Å². The minimum absolute atomic E-state index is 0.250. The van der Waals surface area contributed by atoms with Gasteiger partial charge in [0.15, 0.2) is 11.6 Å². The first-order chi connectivity index (χ1) is 8.63. The Balaban J connectivity index is 2.20. The maximum absolute atomic E-state index is 13.8. The SMILES string of the molecule is CCOc1ccc(C(N)C2(CN)COC2)cc1F. The van der Waals surface area contributed by atoms with Gasteiger partial charge in [0.1, 0.15) is 0 Å². The van der Waals surface area contributed by atoms with Gasteiger partial charge in [0.25, 0.3) is 0 Å². The molecule has 0 bridgehead atoms. The van der Waals surface area contributed by atoms with Crippen LogP contribution in [-0.4, -0.2) is 26.4 Å². The summed E-state index contributed by atoms with van der Waals surface area (Å²) in [5.41, 5.74) is 12.4. The summed E-state index contributed by atoms with van der Waals surface area (Å²) in [6.07, 6.45) is 0. The second-order valence-corrected chi connectivity index (χ2v) is 4.66. The third kappa shape index (κ3) is 2.21. The van der Waals surface area contributed by atoms with Gasteiger partial charge in [0.05, 0.1) is 19.8 Å². The third-order valence-corrected chi connectivity index (χ3v) is 3.46. The molecule has 0 amide bonds. The van der Waals surface area contributed by atoms with Crippen LogP contribution in [0, 0.1) is 11.2 Å². The molecule has 4 nitrogen and oxygen atoms in total. The van der Waals surface area contributed by atoms with Crippen molar-refractivity contribution in [1.29, 1.82) is 0 Å². The van der Waals surface area contributed by atoms with Crippen LogP contribution >= 0.6 is 0 Å². The number of halogens is 1. The van der Waals surface area contributed by atoms with Crippen LogP contribution in [0.5, 0.6) is 5.75 Å². The molecule has 1 atom stereocenters. The molecule has 1 aromatic carbocycles. The Labute approximate surface area is 106 Å². The fourth-order valence-corrected chi connectivity index (χ4v) is 2.13. The first-order valence-corrected chi connectivity index (χ1v) is 6.08. The average Bonchev–Trinajstić information content (AvgIpc) is 2.31. The van der Waals surface area contributed by atoms with E-state index in [1.807, 2.05) is 6.92 Å². The third-order valence-electron chi connectivity index (χ3n) is 3.46. The van der Waals surface area contributed by atoms with Crippen LogP contribution < -0.4 is 16.2 Å². The number of nitrogens with two attached hydrogens (primary N) is 2. The second kappa shape index (κ2) is 5.22. The molecule has 1 aromatic rings. The molecule has 1 unspecified atom stereocenters. The Bertz CT molecular complexity index is 416. The standard InChI is InChI=1S/C13H19FN2O2/c1-2-18-11-4-3-9(5-10(11)14)12(16)13(6-15)7-17-8-13/h3-5,12H,2,6-8,15-16H2,1H3. The van der Waals surface area contributed by atoms with Crippen LogP contribution in [0.2, 0.25) is 0 Å². The Hall–Kier alpha value is -1.17. The van der Waals surface area contributed by atoms with Crippen LogP contribution in [0.1, 0.15) is 18.5 Å². The fraction of sp³-hybridized carbons (Fsp3) is 0.538. The Kier molecular flexibility index (Phi) is 3.85. The van der Waals surface area contributed by atoms with E-state index in [4.69, 9.17) is 20.9 Å². The quantitative estimate of drug-likeness (QED) is 0.828. The Morgan fingerprint density at radius 2 is 2.22 bits per heavy atom. The summed E-state index contributed by atoms with van der Waals surface area (Å²) in [5.74, 6) is -0.141. The predicted molar refractivity (Wildman–Crippen MR) is 66.8 cm³/mol. The zero-order chi connectivity index (χ0) is 13.2. The number of rotatable bonds is 5. The van der Waals surface area contributed by atoms with Gasteiger partial charge in [-0.3, -0.25) is 0 Å². The highest BCUT2D eigenvalue weighted by Gasteiger charge is 2.43. The van der Waals surface area contributed by atoms with E-state index < -0.39 is 5.82 Å². The summed E-state index contributed by atoms with van der Waals surface area (Å²) in [7, 11) is 0. The van der Waals surface area contributed by atoms with Gasteiger partial charge >= 0.3 is 0 Å². The lowest BCUT2D eigenvalue weighted by Gasteiger charge is -2.45. The summed E-state index contributed by atoms with van der Waals surface area (Å²) in [6.45, 7) is 3.74. The molecule has 2 rings (SSSR count). The zero-order valence-electron chi connectivity index (χ0n) is 10.5. The lowest BCUT2D eigenvalue weighted by atomic mass is 9.75. The van der Waals surface area contributed by atoms with Gasteiger partial charge in [-0.05, 0) is 24.6 Å². The number of ether oxygens (including phenoxy) is 2. The first kappa shape index (κ1) is 13.3. The first-order valence-electron chi connectivity index (χ1n) is 6.08. The number of hydrogen-bond acceptors (Lipinski definition) is 4. The molecule has 1 heterocycles. The van der Waals surface area contributed by atoms with Crippen molar-refractivity contribution in [2.75, 3.05) is 26.4 Å². The summed E-state index contributed by atoms with van der Waals surface area (Å²) >= 11 is 0. The summed E-state index contributed by atoms with van der Waals surface area (Å²) in [6, 6.07) is 4.50. The highest BCUT2D eigenvalue weighted by molar-refractivity contribution is 5.32. The van der Waals surface area contributed by atoms with Crippen LogP contribution in [0.25, 0.3) is 0 Å². The van der Waals surface area contributed by atoms with E-state index in [1.165, 1.54) is 6.07 Å². The number of benzene rings is 1. The lowest BCUT2D eigenvalue weighted by Crippen LogP contribution is -2.54. The van der Waals surface area contributed by atoms with Crippen molar-refractivity contribution < 1.29 is 13.9 Å². The minimum atomic E-state index is -0.391. The molecule has 0 aromatic heterocycles. The maximum Gasteiger partial charge on any atom is 0.165 e. The van der Waals surface area contributed by atoms with Gasteiger partial charge in [-0.2, -0.15) is 0 Å². The molecule has 1 fully saturated rings. The van der Waals surface area contributed by atoms with Gasteiger partial charge in [-0.15, -0.1) is 0 Å². The van der Waals surface area contributed by atoms with Gasteiger partial charge in [-0.25, -0.2) is 4.39 Å². The van der Waals surface area contributed by atoms with Crippen molar-refractivity contribution in [3.8, 4) is 5.75 Å². The minimum Gasteiger partial charge on any atom is -0.491 e. The van der Waals surface area contributed by atoms with E-state index in [9.17, 15) is 4.39 Å². The smallest absolute Gasteiger partial charge is 0.165 e. The largest absolute Gasteiger partial charge is 0.491 e. The highest BCUT2D eigenvalue weighted by atomic mass is 19.1. The molecule has 0 spiro atoms. The van der Waals surface area contributed by atoms with E-state index in [1.54, 1.807) is 12.1 Å². The van der Waals surface area contributed by atoms with Crippen LogP contribution in [-0.2, 0) is 4.74 Å². The molecule has 1 aliphatic rings. The molecule has 4 N–H and O–H groups in total. The van der Waals surface area contributed by atoms with Crippen molar-refractivity contribution in [1.82, 2.24) is 0 Å². The number of hydrogen-bond donors (Lipinski definition) is 2. The van der Waals surface area contributed by atoms with Crippen molar-refractivity contribution in [3.63, 3.8) is 0 Å². The molecule has 1 saturated heterocycles. The molecule has 0 saturated carbocycles. The molecule has 0 radical (unpaired) electrons. The van der Waals surface area contributed by atoms with Crippen molar-refractivity contribution in [3.05, 3.63) is 29.6 Å². The molecule has 1 aliphatic heterocycles. The monoisotopic (exact) mass is 254 g/mol. The van der Waals surface area contributed by atoms with Crippen LogP contribution in [0.4, 0.5) is 4.39 Å². The Morgan fingerprint density at radius 1 is 1.50 bits per heavy atom. The normalized spacial score (nSPS) is 19.1. The molecular weight excluding hydrogens is 235 g/mol. The van der Waals surface area contributed by atoms with Crippen molar-refractivity contribution in [2.24, 2.45) is 16.9 Å². The topological polar surface area (TPSA) is 70.5 Å². The molecule has 0 aliphatic carbocycles. The molecule has 18 heavy (non-hydrogen) atoms. The van der Waals surface area contributed by atoms with E-state index in [0.717, 1.165) is 5.56 Å². The van der Waals surface area contributed by atoms with Gasteiger partial charge in [-0.1, -0.05) is 6.07 Å². The second-order valence-electron chi connectivity index (χ2n) is 4.66. The molecule has 100 valence electrons. The molecule has 5 heteroatoms. The van der Waals surface area contributed by atoms with Gasteiger partial charge < -0.3 is 20.9 Å². The van der Waals surface area contributed by atoms with E-state index in [0.29, 0.717) is 26.4 Å². The summed E-state index contributed by atoms with van der Waals surface area (Å²) < 4.78 is 24.1. The average molecular weight is 254 g/mol. The summed E-state index contributed by atoms with van der Waals surface area (Å²) in [4.78, 5) is 0. The van der Waals surface area contributed by atoms with Gasteiger partial charge in [0.2, 0.25) is 0 Å². The van der Waals surface area contributed by atoms with E-state index in [-0.39, 0.29) is 17.2 Å².